The molecule has 1 heterocycles. The van der Waals surface area contributed by atoms with Crippen molar-refractivity contribution in [2.24, 2.45) is 0 Å². The second kappa shape index (κ2) is 7.35. The summed E-state index contributed by atoms with van der Waals surface area (Å²) in [6.07, 6.45) is 0. The SMILES string of the molecule is Cc1ccc(C(=O)COC(=O)c2ccc3nc4c(nc3c2)-c2cccc3cccc-4c23)cc1. The molecule has 6 rings (SSSR count). The van der Waals surface area contributed by atoms with E-state index in [0.29, 0.717) is 22.2 Å². The Morgan fingerprint density at radius 1 is 0.758 bits per heavy atom. The summed E-state index contributed by atoms with van der Waals surface area (Å²) in [5.41, 5.74) is 7.01. The zero-order valence-electron chi connectivity index (χ0n) is 17.8. The lowest BCUT2D eigenvalue weighted by molar-refractivity contribution is 0.0475. The van der Waals surface area contributed by atoms with Crippen molar-refractivity contribution in [2.75, 3.05) is 6.61 Å². The van der Waals surface area contributed by atoms with Crippen molar-refractivity contribution >= 4 is 33.6 Å². The van der Waals surface area contributed by atoms with Gasteiger partial charge in [0.15, 0.2) is 12.4 Å². The van der Waals surface area contributed by atoms with Crippen LogP contribution in [-0.2, 0) is 4.74 Å². The molecule has 0 N–H and O–H groups in total. The van der Waals surface area contributed by atoms with E-state index in [1.807, 2.05) is 37.3 Å². The molecule has 0 amide bonds. The third-order valence-electron chi connectivity index (χ3n) is 6.02. The van der Waals surface area contributed by atoms with E-state index in [-0.39, 0.29) is 12.4 Å². The van der Waals surface area contributed by atoms with Gasteiger partial charge >= 0.3 is 5.97 Å². The molecule has 0 spiro atoms. The molecule has 0 unspecified atom stereocenters. The first-order valence-corrected chi connectivity index (χ1v) is 10.7. The van der Waals surface area contributed by atoms with E-state index in [1.54, 1.807) is 30.3 Å². The zero-order valence-corrected chi connectivity index (χ0v) is 17.8. The van der Waals surface area contributed by atoms with E-state index in [2.05, 4.69) is 18.2 Å². The quantitative estimate of drug-likeness (QED) is 0.262. The molecule has 158 valence electrons. The smallest absolute Gasteiger partial charge is 0.338 e. The van der Waals surface area contributed by atoms with E-state index in [4.69, 9.17) is 14.7 Å². The van der Waals surface area contributed by atoms with Gasteiger partial charge in [0.25, 0.3) is 0 Å². The van der Waals surface area contributed by atoms with Crippen molar-refractivity contribution < 1.29 is 14.3 Å². The van der Waals surface area contributed by atoms with E-state index in [9.17, 15) is 9.59 Å². The Kier molecular flexibility index (Phi) is 4.30. The molecule has 0 radical (unpaired) electrons. The van der Waals surface area contributed by atoms with E-state index in [1.165, 1.54) is 0 Å². The zero-order chi connectivity index (χ0) is 22.5. The van der Waals surface area contributed by atoms with Crippen LogP contribution in [0, 0.1) is 6.92 Å². The van der Waals surface area contributed by atoms with E-state index in [0.717, 1.165) is 38.9 Å². The first-order chi connectivity index (χ1) is 16.1. The number of nitrogens with zero attached hydrogens (tertiary/aromatic N) is 2. The summed E-state index contributed by atoms with van der Waals surface area (Å²) in [7, 11) is 0. The Labute approximate surface area is 189 Å². The molecule has 5 aromatic rings. The van der Waals surface area contributed by atoms with Gasteiger partial charge in [0.05, 0.1) is 28.0 Å². The highest BCUT2D eigenvalue weighted by Crippen LogP contribution is 2.45. The third-order valence-corrected chi connectivity index (χ3v) is 6.02. The summed E-state index contributed by atoms with van der Waals surface area (Å²) in [5.74, 6) is -0.808. The number of carbonyl (C=O) groups excluding carboxylic acids is 2. The highest BCUT2D eigenvalue weighted by atomic mass is 16.5. The second-order valence-electron chi connectivity index (χ2n) is 8.20. The van der Waals surface area contributed by atoms with Crippen LogP contribution < -0.4 is 0 Å². The van der Waals surface area contributed by atoms with Crippen LogP contribution in [0.3, 0.4) is 0 Å². The van der Waals surface area contributed by atoms with Crippen molar-refractivity contribution in [1.29, 1.82) is 0 Å². The van der Waals surface area contributed by atoms with Gasteiger partial charge in [-0.05, 0) is 30.5 Å². The van der Waals surface area contributed by atoms with Gasteiger partial charge < -0.3 is 4.74 Å². The fraction of sp³-hybridized carbons (Fsp3) is 0.0714. The number of aryl methyl sites for hydroxylation is 1. The highest BCUT2D eigenvalue weighted by Gasteiger charge is 2.24. The largest absolute Gasteiger partial charge is 0.454 e. The molecule has 5 heteroatoms. The number of hydrogen-bond acceptors (Lipinski definition) is 5. The Morgan fingerprint density at radius 2 is 1.39 bits per heavy atom. The van der Waals surface area contributed by atoms with Gasteiger partial charge in [0, 0.05) is 22.1 Å². The molecule has 0 saturated heterocycles. The number of carbonyl (C=O) groups is 2. The molecule has 1 aliphatic carbocycles. The molecule has 0 bridgehead atoms. The van der Waals surface area contributed by atoms with Gasteiger partial charge in [-0.25, -0.2) is 14.8 Å². The molecule has 0 saturated carbocycles. The number of ketones is 1. The van der Waals surface area contributed by atoms with Crippen LogP contribution in [0.1, 0.15) is 26.3 Å². The standard InChI is InChI=1S/C28H18N2O3/c1-16-8-10-17(11-9-16)24(31)15-33-28(32)19-12-13-22-23(14-19)30-27-21-7-3-5-18-4-2-6-20(25(18)21)26(27)29-22/h2-14H,15H2,1H3. The minimum Gasteiger partial charge on any atom is -0.454 e. The highest BCUT2D eigenvalue weighted by molar-refractivity contribution is 6.14. The van der Waals surface area contributed by atoms with Crippen LogP contribution in [-0.4, -0.2) is 28.3 Å². The second-order valence-corrected chi connectivity index (χ2v) is 8.20. The predicted molar refractivity (Wildman–Crippen MR) is 127 cm³/mol. The molecule has 1 aromatic heterocycles. The van der Waals surface area contributed by atoms with Crippen molar-refractivity contribution in [3.05, 3.63) is 95.6 Å². The van der Waals surface area contributed by atoms with Crippen LogP contribution in [0.15, 0.2) is 78.9 Å². The average Bonchev–Trinajstić information content (AvgIpc) is 3.16. The summed E-state index contributed by atoms with van der Waals surface area (Å²) >= 11 is 0. The normalized spacial score (nSPS) is 11.5. The summed E-state index contributed by atoms with van der Waals surface area (Å²) < 4.78 is 5.28. The summed E-state index contributed by atoms with van der Waals surface area (Å²) in [5, 5.41) is 2.30. The van der Waals surface area contributed by atoms with Crippen molar-refractivity contribution in [3.8, 4) is 22.5 Å². The third kappa shape index (κ3) is 3.17. The van der Waals surface area contributed by atoms with Gasteiger partial charge in [-0.3, -0.25) is 4.79 Å². The van der Waals surface area contributed by atoms with Crippen LogP contribution in [0.2, 0.25) is 0 Å². The van der Waals surface area contributed by atoms with Crippen LogP contribution in [0.5, 0.6) is 0 Å². The fourth-order valence-electron chi connectivity index (χ4n) is 4.33. The number of aromatic nitrogens is 2. The Bertz CT molecular complexity index is 1600. The molecule has 5 nitrogen and oxygen atoms in total. The van der Waals surface area contributed by atoms with Crippen LogP contribution in [0.25, 0.3) is 44.3 Å². The van der Waals surface area contributed by atoms with Gasteiger partial charge in [-0.15, -0.1) is 0 Å². The average molecular weight is 430 g/mol. The maximum absolute atomic E-state index is 12.6. The molecular weight excluding hydrogens is 412 g/mol. The Hall–Kier alpha value is -4.38. The number of hydrogen-bond donors (Lipinski definition) is 0. The minimum absolute atomic E-state index is 0.243. The lowest BCUT2D eigenvalue weighted by Crippen LogP contribution is -2.14. The number of Topliss-reactive ketones (excluding diaryl/α,β-unsaturated/α-hetero) is 1. The molecular formula is C28H18N2O3. The summed E-state index contributed by atoms with van der Waals surface area (Å²) in [6, 6.07) is 24.6. The fourth-order valence-corrected chi connectivity index (χ4v) is 4.33. The summed E-state index contributed by atoms with van der Waals surface area (Å²) in [4.78, 5) is 34.7. The monoisotopic (exact) mass is 430 g/mol. The summed E-state index contributed by atoms with van der Waals surface area (Å²) in [6.45, 7) is 1.64. The van der Waals surface area contributed by atoms with Crippen molar-refractivity contribution in [1.82, 2.24) is 9.97 Å². The maximum Gasteiger partial charge on any atom is 0.338 e. The molecule has 1 aliphatic rings. The first kappa shape index (κ1) is 19.3. The van der Waals surface area contributed by atoms with Crippen molar-refractivity contribution in [3.63, 3.8) is 0 Å². The van der Waals surface area contributed by atoms with E-state index >= 15 is 0 Å². The number of ether oxygens (including phenoxy) is 1. The lowest BCUT2D eigenvalue weighted by atomic mass is 10.0. The number of benzene rings is 4. The molecule has 33 heavy (non-hydrogen) atoms. The minimum atomic E-state index is -0.565. The van der Waals surface area contributed by atoms with Gasteiger partial charge in [-0.2, -0.15) is 0 Å². The topological polar surface area (TPSA) is 69.2 Å². The van der Waals surface area contributed by atoms with Crippen LogP contribution >= 0.6 is 0 Å². The molecule has 0 aliphatic heterocycles. The van der Waals surface area contributed by atoms with E-state index < -0.39 is 5.97 Å². The molecule has 0 atom stereocenters. The maximum atomic E-state index is 12.6. The van der Waals surface area contributed by atoms with Gasteiger partial charge in [0.1, 0.15) is 0 Å². The Morgan fingerprint density at radius 3 is 2.09 bits per heavy atom. The Balaban J connectivity index is 1.30. The number of esters is 1. The first-order valence-electron chi connectivity index (χ1n) is 10.7. The molecule has 4 aromatic carbocycles. The number of rotatable bonds is 4. The van der Waals surface area contributed by atoms with Gasteiger partial charge in [0.2, 0.25) is 0 Å². The van der Waals surface area contributed by atoms with Gasteiger partial charge in [-0.1, -0.05) is 66.2 Å². The van der Waals surface area contributed by atoms with Crippen molar-refractivity contribution in [2.45, 2.75) is 6.92 Å². The lowest BCUT2D eigenvalue weighted by Gasteiger charge is -2.07. The predicted octanol–water partition coefficient (Wildman–Crippen LogP) is 5.78. The van der Waals surface area contributed by atoms with Crippen LogP contribution in [0.4, 0.5) is 0 Å². The molecule has 0 fully saturated rings. The number of fused-ring (bicyclic) bond motifs is 4.